The Kier molecular flexibility index (Phi) is 7.59. The van der Waals surface area contributed by atoms with Crippen LogP contribution in [0.15, 0.2) is 12.7 Å². The Labute approximate surface area is 116 Å². The average molecular weight is 274 g/mol. The van der Waals surface area contributed by atoms with E-state index in [1.165, 1.54) is 7.11 Å². The van der Waals surface area contributed by atoms with Gasteiger partial charge in [-0.3, -0.25) is 0 Å². The standard InChI is InChI=1S/C16H28F2O/c1-4-7-12(5-2)8-6-9-13-10-11-14(19-3)16(18)15(13)17/h5,12-16H,2,4,6-11H2,1,3H3. The van der Waals surface area contributed by atoms with Gasteiger partial charge in [0.15, 0.2) is 6.17 Å². The Morgan fingerprint density at radius 1 is 1.26 bits per heavy atom. The van der Waals surface area contributed by atoms with E-state index >= 15 is 0 Å². The van der Waals surface area contributed by atoms with Crippen molar-refractivity contribution in [3.8, 4) is 0 Å². The molecule has 0 bridgehead atoms. The minimum absolute atomic E-state index is 0.131. The molecule has 1 aliphatic carbocycles. The first-order chi connectivity index (χ1) is 9.13. The van der Waals surface area contributed by atoms with Crippen molar-refractivity contribution in [2.45, 2.75) is 70.3 Å². The van der Waals surface area contributed by atoms with Crippen molar-refractivity contribution in [1.82, 2.24) is 0 Å². The highest BCUT2D eigenvalue weighted by Crippen LogP contribution is 2.34. The highest BCUT2D eigenvalue weighted by Gasteiger charge is 2.39. The van der Waals surface area contributed by atoms with Crippen LogP contribution in [-0.2, 0) is 4.74 Å². The maximum atomic E-state index is 14.0. The summed E-state index contributed by atoms with van der Waals surface area (Å²) in [6.45, 7) is 6.00. The van der Waals surface area contributed by atoms with E-state index in [-0.39, 0.29) is 5.92 Å². The first kappa shape index (κ1) is 16.6. The molecule has 112 valence electrons. The summed E-state index contributed by atoms with van der Waals surface area (Å²) in [6.07, 6.45) is 5.11. The zero-order chi connectivity index (χ0) is 14.3. The third-order valence-electron chi connectivity index (χ3n) is 4.38. The molecule has 19 heavy (non-hydrogen) atoms. The van der Waals surface area contributed by atoms with Gasteiger partial charge in [0.2, 0.25) is 0 Å². The van der Waals surface area contributed by atoms with Crippen molar-refractivity contribution in [3.63, 3.8) is 0 Å². The fourth-order valence-electron chi connectivity index (χ4n) is 3.11. The molecule has 0 saturated heterocycles. The van der Waals surface area contributed by atoms with E-state index in [0.717, 1.165) is 38.5 Å². The predicted molar refractivity (Wildman–Crippen MR) is 75.8 cm³/mol. The molecule has 3 heteroatoms. The molecule has 0 N–H and O–H groups in total. The van der Waals surface area contributed by atoms with Crippen LogP contribution in [0.2, 0.25) is 0 Å². The molecular weight excluding hydrogens is 246 g/mol. The topological polar surface area (TPSA) is 9.23 Å². The normalized spacial score (nSPS) is 33.1. The molecule has 0 aliphatic heterocycles. The van der Waals surface area contributed by atoms with Crippen LogP contribution in [0.1, 0.15) is 51.9 Å². The van der Waals surface area contributed by atoms with Gasteiger partial charge in [-0.2, -0.15) is 0 Å². The van der Waals surface area contributed by atoms with E-state index in [1.54, 1.807) is 0 Å². The molecule has 0 heterocycles. The molecule has 5 unspecified atom stereocenters. The summed E-state index contributed by atoms with van der Waals surface area (Å²) in [5.74, 6) is 0.396. The zero-order valence-electron chi connectivity index (χ0n) is 12.3. The predicted octanol–water partition coefficient (Wildman–Crippen LogP) is 4.86. The van der Waals surface area contributed by atoms with Crippen molar-refractivity contribution >= 4 is 0 Å². The van der Waals surface area contributed by atoms with Crippen molar-refractivity contribution < 1.29 is 13.5 Å². The zero-order valence-corrected chi connectivity index (χ0v) is 12.3. The Hall–Kier alpha value is -0.440. The van der Waals surface area contributed by atoms with Gasteiger partial charge in [-0.15, -0.1) is 6.58 Å². The van der Waals surface area contributed by atoms with Crippen LogP contribution in [0.4, 0.5) is 8.78 Å². The van der Waals surface area contributed by atoms with E-state index in [4.69, 9.17) is 4.74 Å². The molecule has 0 spiro atoms. The first-order valence-corrected chi connectivity index (χ1v) is 7.57. The summed E-state index contributed by atoms with van der Waals surface area (Å²) in [6, 6.07) is 0. The van der Waals surface area contributed by atoms with Crippen LogP contribution in [0.25, 0.3) is 0 Å². The number of halogens is 2. The van der Waals surface area contributed by atoms with E-state index in [1.807, 2.05) is 6.08 Å². The Bertz CT molecular complexity index is 257. The number of methoxy groups -OCH3 is 1. The summed E-state index contributed by atoms with van der Waals surface area (Å²) in [4.78, 5) is 0. The third-order valence-corrected chi connectivity index (χ3v) is 4.38. The van der Waals surface area contributed by atoms with Crippen LogP contribution in [-0.4, -0.2) is 25.6 Å². The van der Waals surface area contributed by atoms with Crippen LogP contribution in [0.3, 0.4) is 0 Å². The van der Waals surface area contributed by atoms with Gasteiger partial charge in [-0.1, -0.05) is 25.8 Å². The van der Waals surface area contributed by atoms with Crippen LogP contribution in [0.5, 0.6) is 0 Å². The smallest absolute Gasteiger partial charge is 0.157 e. The second kappa shape index (κ2) is 8.68. The van der Waals surface area contributed by atoms with E-state index < -0.39 is 18.4 Å². The summed E-state index contributed by atoms with van der Waals surface area (Å²) >= 11 is 0. The summed E-state index contributed by atoms with van der Waals surface area (Å²) in [5, 5.41) is 0. The number of allylic oxidation sites excluding steroid dienone is 1. The maximum absolute atomic E-state index is 14.0. The first-order valence-electron chi connectivity index (χ1n) is 7.57. The Balaban J connectivity index is 2.31. The molecule has 0 aromatic rings. The molecule has 0 radical (unpaired) electrons. The fourth-order valence-corrected chi connectivity index (χ4v) is 3.11. The van der Waals surface area contributed by atoms with E-state index in [2.05, 4.69) is 13.5 Å². The van der Waals surface area contributed by atoms with Crippen molar-refractivity contribution in [2.75, 3.05) is 7.11 Å². The molecule has 1 fully saturated rings. The monoisotopic (exact) mass is 274 g/mol. The second-order valence-electron chi connectivity index (χ2n) is 5.72. The van der Waals surface area contributed by atoms with Crippen molar-refractivity contribution in [1.29, 1.82) is 0 Å². The van der Waals surface area contributed by atoms with Crippen LogP contribution < -0.4 is 0 Å². The van der Waals surface area contributed by atoms with Gasteiger partial charge < -0.3 is 4.74 Å². The largest absolute Gasteiger partial charge is 0.378 e. The van der Waals surface area contributed by atoms with Gasteiger partial charge in [0.05, 0.1) is 6.10 Å². The quantitative estimate of drug-likeness (QED) is 0.574. The van der Waals surface area contributed by atoms with Gasteiger partial charge in [0.1, 0.15) is 6.17 Å². The third kappa shape index (κ3) is 4.87. The summed E-state index contributed by atoms with van der Waals surface area (Å²) in [5.41, 5.74) is 0. The molecule has 1 aliphatic rings. The number of hydrogen-bond donors (Lipinski definition) is 0. The van der Waals surface area contributed by atoms with E-state index in [0.29, 0.717) is 12.3 Å². The van der Waals surface area contributed by atoms with Gasteiger partial charge in [0, 0.05) is 7.11 Å². The number of ether oxygens (including phenoxy) is 1. The molecule has 0 amide bonds. The highest BCUT2D eigenvalue weighted by molar-refractivity contribution is 4.89. The molecule has 0 aromatic heterocycles. The second-order valence-corrected chi connectivity index (χ2v) is 5.72. The molecule has 0 aromatic carbocycles. The molecule has 1 nitrogen and oxygen atoms in total. The average Bonchev–Trinajstić information content (AvgIpc) is 2.42. The van der Waals surface area contributed by atoms with Gasteiger partial charge >= 0.3 is 0 Å². The lowest BCUT2D eigenvalue weighted by molar-refractivity contribution is -0.0575. The van der Waals surface area contributed by atoms with Gasteiger partial charge in [0.25, 0.3) is 0 Å². The van der Waals surface area contributed by atoms with Crippen molar-refractivity contribution in [3.05, 3.63) is 12.7 Å². The summed E-state index contributed by atoms with van der Waals surface area (Å²) in [7, 11) is 1.46. The Morgan fingerprint density at radius 2 is 2.00 bits per heavy atom. The number of hydrogen-bond acceptors (Lipinski definition) is 1. The maximum Gasteiger partial charge on any atom is 0.157 e. The highest BCUT2D eigenvalue weighted by atomic mass is 19.2. The molecule has 5 atom stereocenters. The lowest BCUT2D eigenvalue weighted by Crippen LogP contribution is -2.42. The Morgan fingerprint density at radius 3 is 2.58 bits per heavy atom. The fraction of sp³-hybridized carbons (Fsp3) is 0.875. The lowest BCUT2D eigenvalue weighted by atomic mass is 9.80. The molecule has 1 rings (SSSR count). The molecular formula is C16H28F2O. The SMILES string of the molecule is C=CC(CCC)CCCC1CCC(OC)C(F)C1F. The van der Waals surface area contributed by atoms with Crippen molar-refractivity contribution in [2.24, 2.45) is 11.8 Å². The molecule has 1 saturated carbocycles. The lowest BCUT2D eigenvalue weighted by Gasteiger charge is -2.34. The van der Waals surface area contributed by atoms with Gasteiger partial charge in [-0.25, -0.2) is 8.78 Å². The number of rotatable bonds is 8. The van der Waals surface area contributed by atoms with Crippen LogP contribution >= 0.6 is 0 Å². The summed E-state index contributed by atoms with van der Waals surface area (Å²) < 4.78 is 32.7. The van der Waals surface area contributed by atoms with Crippen LogP contribution in [0, 0.1) is 11.8 Å². The number of alkyl halides is 2. The minimum atomic E-state index is -1.45. The van der Waals surface area contributed by atoms with Gasteiger partial charge in [-0.05, 0) is 43.9 Å². The minimum Gasteiger partial charge on any atom is -0.378 e. The van der Waals surface area contributed by atoms with E-state index in [9.17, 15) is 8.78 Å².